The number of fused-ring (bicyclic) bond motifs is 1. The van der Waals surface area contributed by atoms with Crippen LogP contribution in [0.5, 0.6) is 0 Å². The zero-order valence-electron chi connectivity index (χ0n) is 5.09. The van der Waals surface area contributed by atoms with Crippen molar-refractivity contribution in [3.63, 3.8) is 0 Å². The van der Waals surface area contributed by atoms with Crippen molar-refractivity contribution in [2.75, 3.05) is 11.9 Å². The standard InChI is InChI=1S/C7H8N2.H2/c1-3-8-5-7-6(1)2-4-9-7;/h1,3,5,9H,2,4H2;1H. The second-order valence-corrected chi connectivity index (χ2v) is 2.21. The van der Waals surface area contributed by atoms with Crippen LogP contribution in [0.15, 0.2) is 18.5 Å². The van der Waals surface area contributed by atoms with Gasteiger partial charge in [0.2, 0.25) is 0 Å². The number of pyridine rings is 1. The predicted molar refractivity (Wildman–Crippen MR) is 38.5 cm³/mol. The van der Waals surface area contributed by atoms with Crippen LogP contribution in [0.4, 0.5) is 5.69 Å². The fourth-order valence-electron chi connectivity index (χ4n) is 1.13. The monoisotopic (exact) mass is 122 g/mol. The summed E-state index contributed by atoms with van der Waals surface area (Å²) in [5.41, 5.74) is 2.60. The zero-order chi connectivity index (χ0) is 6.10. The smallest absolute Gasteiger partial charge is 0.0560 e. The Hall–Kier alpha value is -1.05. The van der Waals surface area contributed by atoms with Crippen LogP contribution in [0.3, 0.4) is 0 Å². The lowest BCUT2D eigenvalue weighted by Crippen LogP contribution is -1.90. The Morgan fingerprint density at radius 1 is 1.67 bits per heavy atom. The molecular formula is C7H10N2. The van der Waals surface area contributed by atoms with Crippen LogP contribution in [-0.4, -0.2) is 11.5 Å². The van der Waals surface area contributed by atoms with Crippen molar-refractivity contribution in [3.8, 4) is 0 Å². The summed E-state index contributed by atoms with van der Waals surface area (Å²) in [6.07, 6.45) is 4.87. The van der Waals surface area contributed by atoms with Gasteiger partial charge in [-0.25, -0.2) is 0 Å². The second-order valence-electron chi connectivity index (χ2n) is 2.21. The Kier molecular flexibility index (Phi) is 0.918. The molecule has 0 bridgehead atoms. The molecule has 2 nitrogen and oxygen atoms in total. The molecule has 0 atom stereocenters. The summed E-state index contributed by atoms with van der Waals surface area (Å²) in [5.74, 6) is 0. The molecule has 2 heteroatoms. The summed E-state index contributed by atoms with van der Waals surface area (Å²) in [7, 11) is 0. The summed E-state index contributed by atoms with van der Waals surface area (Å²) < 4.78 is 0. The molecule has 0 amide bonds. The lowest BCUT2D eigenvalue weighted by Gasteiger charge is -1.93. The van der Waals surface area contributed by atoms with Crippen molar-refractivity contribution in [1.29, 1.82) is 0 Å². The Morgan fingerprint density at radius 2 is 2.67 bits per heavy atom. The number of aromatic nitrogens is 1. The SMILES string of the molecule is [HH].c1cc2c(cn1)NCC2. The first-order chi connectivity index (χ1) is 4.47. The van der Waals surface area contributed by atoms with E-state index >= 15 is 0 Å². The number of rotatable bonds is 0. The molecule has 0 spiro atoms. The molecule has 9 heavy (non-hydrogen) atoms. The van der Waals surface area contributed by atoms with Crippen LogP contribution in [0.2, 0.25) is 0 Å². The summed E-state index contributed by atoms with van der Waals surface area (Å²) in [5, 5.41) is 3.24. The Bertz CT molecular complexity index is 202. The molecule has 1 aliphatic heterocycles. The number of nitrogens with zero attached hydrogens (tertiary/aromatic N) is 1. The van der Waals surface area contributed by atoms with Gasteiger partial charge < -0.3 is 5.32 Å². The Labute approximate surface area is 55.4 Å². The predicted octanol–water partition coefficient (Wildman–Crippen LogP) is 1.30. The lowest BCUT2D eigenvalue weighted by atomic mass is 10.2. The fourth-order valence-corrected chi connectivity index (χ4v) is 1.13. The van der Waals surface area contributed by atoms with Crippen LogP contribution in [0.25, 0.3) is 0 Å². The van der Waals surface area contributed by atoms with Gasteiger partial charge in [-0.15, -0.1) is 0 Å². The molecule has 2 rings (SSSR count). The Morgan fingerprint density at radius 3 is 3.56 bits per heavy atom. The molecule has 1 aromatic heterocycles. The van der Waals surface area contributed by atoms with Crippen LogP contribution in [-0.2, 0) is 6.42 Å². The highest BCUT2D eigenvalue weighted by Gasteiger charge is 2.06. The van der Waals surface area contributed by atoms with E-state index in [0.29, 0.717) is 0 Å². The third kappa shape index (κ3) is 0.669. The highest BCUT2D eigenvalue weighted by atomic mass is 14.9. The van der Waals surface area contributed by atoms with Crippen molar-refractivity contribution >= 4 is 5.69 Å². The highest BCUT2D eigenvalue weighted by molar-refractivity contribution is 5.52. The van der Waals surface area contributed by atoms with E-state index in [9.17, 15) is 0 Å². The average molecular weight is 122 g/mol. The van der Waals surface area contributed by atoms with Gasteiger partial charge in [0.15, 0.2) is 0 Å². The maximum Gasteiger partial charge on any atom is 0.0560 e. The molecular weight excluding hydrogens is 112 g/mol. The van der Waals surface area contributed by atoms with Crippen LogP contribution < -0.4 is 5.32 Å². The highest BCUT2D eigenvalue weighted by Crippen LogP contribution is 2.18. The van der Waals surface area contributed by atoms with Crippen LogP contribution >= 0.6 is 0 Å². The van der Waals surface area contributed by atoms with Gasteiger partial charge >= 0.3 is 0 Å². The number of nitrogens with one attached hydrogen (secondary N) is 1. The van der Waals surface area contributed by atoms with E-state index in [0.717, 1.165) is 13.0 Å². The Balaban J connectivity index is 0.000000500. The van der Waals surface area contributed by atoms with Gasteiger partial charge in [0.1, 0.15) is 0 Å². The largest absolute Gasteiger partial charge is 0.383 e. The number of hydrogen-bond donors (Lipinski definition) is 1. The maximum atomic E-state index is 3.99. The van der Waals surface area contributed by atoms with Gasteiger partial charge in [0, 0.05) is 14.2 Å². The van der Waals surface area contributed by atoms with Crippen molar-refractivity contribution in [3.05, 3.63) is 24.0 Å². The van der Waals surface area contributed by atoms with Gasteiger partial charge in [0.05, 0.1) is 11.9 Å². The van der Waals surface area contributed by atoms with E-state index in [2.05, 4.69) is 16.4 Å². The molecule has 48 valence electrons. The van der Waals surface area contributed by atoms with E-state index in [-0.39, 0.29) is 1.43 Å². The third-order valence-electron chi connectivity index (χ3n) is 1.62. The first-order valence-corrected chi connectivity index (χ1v) is 3.13. The molecule has 1 aliphatic rings. The molecule has 0 radical (unpaired) electrons. The summed E-state index contributed by atoms with van der Waals surface area (Å²) in [6, 6.07) is 2.06. The molecule has 0 aliphatic carbocycles. The molecule has 0 aromatic carbocycles. The number of anilines is 1. The van der Waals surface area contributed by atoms with Crippen molar-refractivity contribution in [2.45, 2.75) is 6.42 Å². The van der Waals surface area contributed by atoms with Crippen LogP contribution in [0, 0.1) is 0 Å². The normalized spacial score (nSPS) is 14.7. The lowest BCUT2D eigenvalue weighted by molar-refractivity contribution is 1.10. The van der Waals surface area contributed by atoms with Gasteiger partial charge in [-0.3, -0.25) is 4.98 Å². The van der Waals surface area contributed by atoms with E-state index in [1.165, 1.54) is 11.3 Å². The molecule has 0 fully saturated rings. The summed E-state index contributed by atoms with van der Waals surface area (Å²) in [6.45, 7) is 1.07. The quantitative estimate of drug-likeness (QED) is 0.561. The topological polar surface area (TPSA) is 24.9 Å². The molecule has 2 heterocycles. The molecule has 0 saturated carbocycles. The van der Waals surface area contributed by atoms with E-state index in [1.54, 1.807) is 0 Å². The second kappa shape index (κ2) is 1.72. The minimum atomic E-state index is 0. The summed E-state index contributed by atoms with van der Waals surface area (Å²) in [4.78, 5) is 3.99. The van der Waals surface area contributed by atoms with Crippen molar-refractivity contribution < 1.29 is 1.43 Å². The minimum Gasteiger partial charge on any atom is -0.383 e. The van der Waals surface area contributed by atoms with E-state index < -0.39 is 0 Å². The van der Waals surface area contributed by atoms with Gasteiger partial charge in [-0.05, 0) is 18.1 Å². The van der Waals surface area contributed by atoms with E-state index in [1.807, 2.05) is 12.4 Å². The maximum absolute atomic E-state index is 3.99. The molecule has 0 saturated heterocycles. The van der Waals surface area contributed by atoms with Gasteiger partial charge in [-0.2, -0.15) is 0 Å². The summed E-state index contributed by atoms with van der Waals surface area (Å²) >= 11 is 0. The first kappa shape index (κ1) is 4.79. The van der Waals surface area contributed by atoms with Crippen LogP contribution in [0.1, 0.15) is 6.99 Å². The van der Waals surface area contributed by atoms with Crippen molar-refractivity contribution in [1.82, 2.24) is 4.98 Å². The third-order valence-corrected chi connectivity index (χ3v) is 1.62. The van der Waals surface area contributed by atoms with E-state index in [4.69, 9.17) is 0 Å². The minimum absolute atomic E-state index is 0. The molecule has 1 aromatic rings. The van der Waals surface area contributed by atoms with Gasteiger partial charge in [0.25, 0.3) is 0 Å². The molecule has 0 unspecified atom stereocenters. The fraction of sp³-hybridized carbons (Fsp3) is 0.286. The van der Waals surface area contributed by atoms with Gasteiger partial charge in [-0.1, -0.05) is 0 Å². The first-order valence-electron chi connectivity index (χ1n) is 3.13. The zero-order valence-corrected chi connectivity index (χ0v) is 5.09. The average Bonchev–Trinajstić information content (AvgIpc) is 2.33. The van der Waals surface area contributed by atoms with Crippen molar-refractivity contribution in [2.24, 2.45) is 0 Å². The number of hydrogen-bond acceptors (Lipinski definition) is 2. The molecule has 1 N–H and O–H groups in total.